The highest BCUT2D eigenvalue weighted by atomic mass is 19.4. The van der Waals surface area contributed by atoms with Crippen LogP contribution in [0.1, 0.15) is 46.3 Å². The van der Waals surface area contributed by atoms with E-state index in [-0.39, 0.29) is 34.3 Å². The van der Waals surface area contributed by atoms with Crippen molar-refractivity contribution in [1.82, 2.24) is 14.5 Å². The summed E-state index contributed by atoms with van der Waals surface area (Å²) in [5.74, 6) is -1.62. The van der Waals surface area contributed by atoms with Gasteiger partial charge in [-0.15, -0.1) is 0 Å². The van der Waals surface area contributed by atoms with E-state index < -0.39 is 29.7 Å². The lowest BCUT2D eigenvalue weighted by Gasteiger charge is -2.14. The van der Waals surface area contributed by atoms with Crippen LogP contribution in [0.2, 0.25) is 0 Å². The van der Waals surface area contributed by atoms with Crippen molar-refractivity contribution in [2.45, 2.75) is 38.5 Å². The molecule has 0 fully saturated rings. The molecule has 2 aromatic heterocycles. The molecule has 172 valence electrons. The number of aromatic nitrogens is 3. The molecule has 0 amide bonds. The summed E-state index contributed by atoms with van der Waals surface area (Å²) in [5, 5.41) is 2.71. The molecule has 1 N–H and O–H groups in total. The van der Waals surface area contributed by atoms with Crippen molar-refractivity contribution in [3.05, 3.63) is 52.6 Å². The van der Waals surface area contributed by atoms with Gasteiger partial charge >= 0.3 is 12.4 Å². The number of anilines is 1. The number of fused-ring (bicyclic) bond motifs is 1. The number of carbonyl (C=O) groups is 1. The maximum atomic E-state index is 13.2. The van der Waals surface area contributed by atoms with E-state index in [0.717, 1.165) is 16.8 Å². The Bertz CT molecular complexity index is 1160. The van der Waals surface area contributed by atoms with Crippen LogP contribution in [-0.2, 0) is 32.2 Å². The van der Waals surface area contributed by atoms with Gasteiger partial charge in [0, 0.05) is 26.1 Å². The van der Waals surface area contributed by atoms with E-state index in [4.69, 9.17) is 0 Å². The second-order valence-corrected chi connectivity index (χ2v) is 7.31. The number of hydrogen-bond acceptors (Lipinski definition) is 4. The molecular formula is C21H20F6N4O. The van der Waals surface area contributed by atoms with E-state index in [9.17, 15) is 31.1 Å². The molecule has 11 heteroatoms. The van der Waals surface area contributed by atoms with Crippen molar-refractivity contribution >= 4 is 22.5 Å². The number of aryl methyl sites for hydroxylation is 2. The van der Waals surface area contributed by atoms with Gasteiger partial charge in [0.25, 0.3) is 0 Å². The summed E-state index contributed by atoms with van der Waals surface area (Å²) < 4.78 is 79.9. The first-order valence-electron chi connectivity index (χ1n) is 9.70. The third-order valence-corrected chi connectivity index (χ3v) is 5.08. The van der Waals surface area contributed by atoms with Crippen molar-refractivity contribution < 1.29 is 31.1 Å². The molecule has 0 aliphatic heterocycles. The highest BCUT2D eigenvalue weighted by Crippen LogP contribution is 2.33. The van der Waals surface area contributed by atoms with E-state index >= 15 is 0 Å². The minimum Gasteiger partial charge on any atom is -0.387 e. The van der Waals surface area contributed by atoms with Gasteiger partial charge in [-0.2, -0.15) is 26.3 Å². The monoisotopic (exact) mass is 458 g/mol. The molecular weight excluding hydrogens is 438 g/mol. The van der Waals surface area contributed by atoms with E-state index in [1.165, 1.54) is 26.2 Å². The topological polar surface area (TPSA) is 59.8 Å². The summed E-state index contributed by atoms with van der Waals surface area (Å²) in [4.78, 5) is 20.1. The van der Waals surface area contributed by atoms with Gasteiger partial charge in [0.05, 0.1) is 22.9 Å². The number of imidazole rings is 1. The van der Waals surface area contributed by atoms with Crippen LogP contribution in [0.5, 0.6) is 0 Å². The molecule has 0 saturated carbocycles. The smallest absolute Gasteiger partial charge is 0.387 e. The van der Waals surface area contributed by atoms with Gasteiger partial charge in [-0.3, -0.25) is 4.79 Å². The second-order valence-electron chi connectivity index (χ2n) is 7.31. The lowest BCUT2D eigenvalue weighted by atomic mass is 9.95. The Balaban J connectivity index is 2.09. The number of carbonyl (C=O) groups excluding carboxylic acids is 1. The summed E-state index contributed by atoms with van der Waals surface area (Å²) in [6.07, 6.45) is -7.72. The van der Waals surface area contributed by atoms with Crippen LogP contribution in [-0.4, -0.2) is 27.4 Å². The van der Waals surface area contributed by atoms with Gasteiger partial charge in [0.1, 0.15) is 5.69 Å². The number of benzene rings is 1. The van der Waals surface area contributed by atoms with Crippen LogP contribution >= 0.6 is 0 Å². The molecule has 2 heterocycles. The van der Waals surface area contributed by atoms with E-state index in [1.807, 2.05) is 6.92 Å². The van der Waals surface area contributed by atoms with E-state index in [1.54, 1.807) is 0 Å². The lowest BCUT2D eigenvalue weighted by molar-refractivity contribution is -0.146. The first kappa shape index (κ1) is 23.6. The zero-order valence-corrected chi connectivity index (χ0v) is 17.4. The highest BCUT2D eigenvalue weighted by molar-refractivity contribution is 6.02. The van der Waals surface area contributed by atoms with Crippen molar-refractivity contribution in [3.63, 3.8) is 0 Å². The van der Waals surface area contributed by atoms with Crippen LogP contribution in [0, 0.1) is 0 Å². The zero-order valence-electron chi connectivity index (χ0n) is 17.4. The Kier molecular flexibility index (Phi) is 6.21. The molecule has 3 rings (SSSR count). The van der Waals surface area contributed by atoms with Crippen LogP contribution in [0.4, 0.5) is 32.0 Å². The molecule has 0 aliphatic rings. The standard InChI is InChI=1S/C21H20F6N4O/c1-4-5-11-6-16-14(30-19(31(16)3)21(25,26)27)9-13(11)17(32)7-12-8-18(20(22,23)24)29-10-15(12)28-2/h6,8-10,28H,4-5,7H2,1-3H3. The van der Waals surface area contributed by atoms with Gasteiger partial charge in [-0.25, -0.2) is 9.97 Å². The number of Topliss-reactive ketones (excluding diaryl/α,β-unsaturated/α-hetero) is 1. The van der Waals surface area contributed by atoms with Crippen LogP contribution in [0.3, 0.4) is 0 Å². The summed E-state index contributed by atoms with van der Waals surface area (Å²) in [5.41, 5.74) is 0.0552. The molecule has 0 bridgehead atoms. The summed E-state index contributed by atoms with van der Waals surface area (Å²) >= 11 is 0. The van der Waals surface area contributed by atoms with Crippen molar-refractivity contribution in [2.24, 2.45) is 7.05 Å². The number of hydrogen-bond donors (Lipinski definition) is 1. The van der Waals surface area contributed by atoms with Crippen LogP contribution in [0.15, 0.2) is 24.4 Å². The molecule has 1 aromatic carbocycles. The predicted molar refractivity (Wildman–Crippen MR) is 107 cm³/mol. The molecule has 0 atom stereocenters. The van der Waals surface area contributed by atoms with Gasteiger partial charge in [-0.1, -0.05) is 13.3 Å². The number of pyridine rings is 1. The van der Waals surface area contributed by atoms with Gasteiger partial charge in [0.2, 0.25) is 5.82 Å². The minimum atomic E-state index is -4.68. The SMILES string of the molecule is CCCc1cc2c(cc1C(=O)Cc1cc(C(F)(F)F)ncc1NC)nc(C(F)(F)F)n2C. The molecule has 0 unspecified atom stereocenters. The average molecular weight is 458 g/mol. The Morgan fingerprint density at radius 1 is 1.06 bits per heavy atom. The Labute approximate surface area is 179 Å². The maximum absolute atomic E-state index is 13.2. The first-order chi connectivity index (χ1) is 14.9. The zero-order chi connectivity index (χ0) is 23.8. The predicted octanol–water partition coefficient (Wildman–Crippen LogP) is 5.43. The van der Waals surface area contributed by atoms with E-state index in [2.05, 4.69) is 15.3 Å². The van der Waals surface area contributed by atoms with Crippen molar-refractivity contribution in [1.29, 1.82) is 0 Å². The molecule has 0 aliphatic carbocycles. The molecule has 0 spiro atoms. The molecule has 32 heavy (non-hydrogen) atoms. The molecule has 3 aromatic rings. The Morgan fingerprint density at radius 3 is 2.31 bits per heavy atom. The maximum Gasteiger partial charge on any atom is 0.449 e. The fourth-order valence-electron chi connectivity index (χ4n) is 3.56. The highest BCUT2D eigenvalue weighted by Gasteiger charge is 2.37. The number of halogens is 6. The summed E-state index contributed by atoms with van der Waals surface area (Å²) in [7, 11) is 2.73. The molecule has 0 saturated heterocycles. The van der Waals surface area contributed by atoms with Gasteiger partial charge in [-0.05, 0) is 35.7 Å². The number of ketones is 1. The second kappa shape index (κ2) is 8.44. The fourth-order valence-corrected chi connectivity index (χ4v) is 3.56. The van der Waals surface area contributed by atoms with Gasteiger partial charge < -0.3 is 9.88 Å². The Hall–Kier alpha value is -3.11. The lowest BCUT2D eigenvalue weighted by Crippen LogP contribution is -2.13. The summed E-state index contributed by atoms with van der Waals surface area (Å²) in [6, 6.07) is 3.56. The van der Waals surface area contributed by atoms with Crippen LogP contribution < -0.4 is 5.32 Å². The number of nitrogens with one attached hydrogen (secondary N) is 1. The average Bonchev–Trinajstić information content (AvgIpc) is 3.03. The quantitative estimate of drug-likeness (QED) is 0.396. The normalized spacial score (nSPS) is 12.4. The summed E-state index contributed by atoms with van der Waals surface area (Å²) in [6.45, 7) is 1.85. The van der Waals surface area contributed by atoms with Crippen LogP contribution in [0.25, 0.3) is 11.0 Å². The molecule has 5 nitrogen and oxygen atoms in total. The number of alkyl halides is 6. The fraction of sp³-hybridized carbons (Fsp3) is 0.381. The van der Waals surface area contributed by atoms with Crippen molar-refractivity contribution in [2.75, 3.05) is 12.4 Å². The number of nitrogens with zero attached hydrogens (tertiary/aromatic N) is 3. The third kappa shape index (κ3) is 4.56. The first-order valence-corrected chi connectivity index (χ1v) is 9.70. The number of rotatable bonds is 6. The molecule has 0 radical (unpaired) electrons. The van der Waals surface area contributed by atoms with E-state index in [0.29, 0.717) is 18.4 Å². The van der Waals surface area contributed by atoms with Crippen molar-refractivity contribution in [3.8, 4) is 0 Å². The largest absolute Gasteiger partial charge is 0.449 e. The Morgan fingerprint density at radius 2 is 1.75 bits per heavy atom. The third-order valence-electron chi connectivity index (χ3n) is 5.08. The van der Waals surface area contributed by atoms with Gasteiger partial charge in [0.15, 0.2) is 5.78 Å². The minimum absolute atomic E-state index is 0.0115.